The van der Waals surface area contributed by atoms with E-state index in [4.69, 9.17) is 9.47 Å². The maximum Gasteiger partial charge on any atom is 0.311 e. The maximum atomic E-state index is 11.7. The second-order valence-corrected chi connectivity index (χ2v) is 5.82. The molecule has 0 heterocycles. The summed E-state index contributed by atoms with van der Waals surface area (Å²) in [7, 11) is 1.61. The van der Waals surface area contributed by atoms with Crippen LogP contribution < -0.4 is 9.47 Å². The Morgan fingerprint density at radius 3 is 2.42 bits per heavy atom. The zero-order valence-corrected chi connectivity index (χ0v) is 14.4. The Morgan fingerprint density at radius 1 is 1.17 bits per heavy atom. The van der Waals surface area contributed by atoms with E-state index in [1.165, 1.54) is 0 Å². The largest absolute Gasteiger partial charge is 0.497 e. The standard InChI is InChI=1S/C20H24O4/c1-4-11-24-19-10-7-16(12-14(19)2)18(20(21)22)13-15-5-8-17(23-3)9-6-15/h5-10,12,18H,4,11,13H2,1-3H3,(H,21,22). The van der Waals surface area contributed by atoms with Crippen LogP contribution in [-0.4, -0.2) is 24.8 Å². The molecule has 4 heteroatoms. The molecule has 0 saturated carbocycles. The highest BCUT2D eigenvalue weighted by molar-refractivity contribution is 5.76. The van der Waals surface area contributed by atoms with Gasteiger partial charge in [-0.05, 0) is 54.7 Å². The first-order valence-corrected chi connectivity index (χ1v) is 8.14. The molecule has 0 radical (unpaired) electrons. The Balaban J connectivity index is 2.20. The molecule has 128 valence electrons. The first kappa shape index (κ1) is 17.9. The SMILES string of the molecule is CCCOc1ccc(C(Cc2ccc(OC)cc2)C(=O)O)cc1C. The average Bonchev–Trinajstić information content (AvgIpc) is 2.59. The molecule has 0 amide bonds. The third-order valence-electron chi connectivity index (χ3n) is 3.96. The van der Waals surface area contributed by atoms with Crippen molar-refractivity contribution >= 4 is 5.97 Å². The van der Waals surface area contributed by atoms with E-state index in [9.17, 15) is 9.90 Å². The molecule has 2 aromatic rings. The normalized spacial score (nSPS) is 11.8. The minimum absolute atomic E-state index is 0.438. The maximum absolute atomic E-state index is 11.7. The molecule has 1 unspecified atom stereocenters. The first-order chi connectivity index (χ1) is 11.5. The van der Waals surface area contributed by atoms with Gasteiger partial charge in [0.2, 0.25) is 0 Å². The second-order valence-electron chi connectivity index (χ2n) is 5.82. The predicted octanol–water partition coefficient (Wildman–Crippen LogP) is 4.20. The number of hydrogen-bond acceptors (Lipinski definition) is 3. The number of rotatable bonds is 8. The molecule has 0 saturated heterocycles. The summed E-state index contributed by atoms with van der Waals surface area (Å²) in [5, 5.41) is 9.63. The lowest BCUT2D eigenvalue weighted by atomic mass is 9.91. The van der Waals surface area contributed by atoms with E-state index in [2.05, 4.69) is 6.92 Å². The molecule has 0 aromatic heterocycles. The zero-order chi connectivity index (χ0) is 17.5. The molecule has 4 nitrogen and oxygen atoms in total. The number of methoxy groups -OCH3 is 1. The summed E-state index contributed by atoms with van der Waals surface area (Å²) >= 11 is 0. The molecule has 0 aliphatic heterocycles. The fourth-order valence-electron chi connectivity index (χ4n) is 2.61. The van der Waals surface area contributed by atoms with Crippen LogP contribution in [0.5, 0.6) is 11.5 Å². The predicted molar refractivity (Wildman–Crippen MR) is 94.0 cm³/mol. The number of carboxylic acid groups (broad SMARTS) is 1. The van der Waals surface area contributed by atoms with Gasteiger partial charge in [-0.1, -0.05) is 31.2 Å². The summed E-state index contributed by atoms with van der Waals surface area (Å²) in [6.07, 6.45) is 1.38. The van der Waals surface area contributed by atoms with Gasteiger partial charge >= 0.3 is 5.97 Å². The van der Waals surface area contributed by atoms with Gasteiger partial charge in [0.05, 0.1) is 19.6 Å². The monoisotopic (exact) mass is 328 g/mol. The second kappa shape index (κ2) is 8.39. The molecule has 0 aliphatic carbocycles. The van der Waals surface area contributed by atoms with Gasteiger partial charge in [-0.25, -0.2) is 0 Å². The van der Waals surface area contributed by atoms with E-state index in [-0.39, 0.29) is 0 Å². The van der Waals surface area contributed by atoms with Crippen LogP contribution in [0.2, 0.25) is 0 Å². The van der Waals surface area contributed by atoms with Crippen molar-refractivity contribution in [2.75, 3.05) is 13.7 Å². The van der Waals surface area contributed by atoms with Gasteiger partial charge in [-0.15, -0.1) is 0 Å². The van der Waals surface area contributed by atoms with Crippen molar-refractivity contribution in [3.8, 4) is 11.5 Å². The zero-order valence-electron chi connectivity index (χ0n) is 14.4. The average molecular weight is 328 g/mol. The van der Waals surface area contributed by atoms with Crippen LogP contribution in [0.1, 0.15) is 36.0 Å². The van der Waals surface area contributed by atoms with Gasteiger partial charge in [-0.2, -0.15) is 0 Å². The quantitative estimate of drug-likeness (QED) is 0.789. The highest BCUT2D eigenvalue weighted by Crippen LogP contribution is 2.27. The molecule has 0 aliphatic rings. The minimum atomic E-state index is -0.826. The summed E-state index contributed by atoms with van der Waals surface area (Å²) in [4.78, 5) is 11.7. The van der Waals surface area contributed by atoms with Crippen molar-refractivity contribution in [3.63, 3.8) is 0 Å². The number of ether oxygens (including phenoxy) is 2. The Labute approximate surface area is 143 Å². The smallest absolute Gasteiger partial charge is 0.311 e. The van der Waals surface area contributed by atoms with Gasteiger partial charge in [0.15, 0.2) is 0 Å². The number of benzene rings is 2. The molecule has 0 spiro atoms. The first-order valence-electron chi connectivity index (χ1n) is 8.14. The number of aryl methyl sites for hydroxylation is 1. The number of hydrogen-bond donors (Lipinski definition) is 1. The highest BCUT2D eigenvalue weighted by atomic mass is 16.5. The molecule has 24 heavy (non-hydrogen) atoms. The number of aliphatic carboxylic acids is 1. The number of carboxylic acids is 1. The van der Waals surface area contributed by atoms with Crippen molar-refractivity contribution in [3.05, 3.63) is 59.2 Å². The lowest BCUT2D eigenvalue weighted by Gasteiger charge is -2.16. The van der Waals surface area contributed by atoms with Gasteiger partial charge in [0.25, 0.3) is 0 Å². The topological polar surface area (TPSA) is 55.8 Å². The Kier molecular flexibility index (Phi) is 6.24. The van der Waals surface area contributed by atoms with Gasteiger partial charge in [-0.3, -0.25) is 4.79 Å². The fraction of sp³-hybridized carbons (Fsp3) is 0.350. The molecule has 0 fully saturated rings. The summed E-state index contributed by atoms with van der Waals surface area (Å²) in [5.74, 6) is 0.165. The van der Waals surface area contributed by atoms with Crippen molar-refractivity contribution in [2.45, 2.75) is 32.6 Å². The van der Waals surface area contributed by atoms with Crippen LogP contribution in [-0.2, 0) is 11.2 Å². The number of carbonyl (C=O) groups is 1. The molecule has 1 N–H and O–H groups in total. The molecule has 0 bridgehead atoms. The van der Waals surface area contributed by atoms with E-state index >= 15 is 0 Å². The molecular formula is C20H24O4. The minimum Gasteiger partial charge on any atom is -0.497 e. The van der Waals surface area contributed by atoms with Crippen molar-refractivity contribution < 1.29 is 19.4 Å². The fourth-order valence-corrected chi connectivity index (χ4v) is 2.61. The van der Waals surface area contributed by atoms with Crippen LogP contribution >= 0.6 is 0 Å². The summed E-state index contributed by atoms with van der Waals surface area (Å²) < 4.78 is 10.8. The van der Waals surface area contributed by atoms with E-state index < -0.39 is 11.9 Å². The van der Waals surface area contributed by atoms with Gasteiger partial charge in [0, 0.05) is 0 Å². The van der Waals surface area contributed by atoms with Crippen LogP contribution in [0, 0.1) is 6.92 Å². The van der Waals surface area contributed by atoms with E-state index in [0.717, 1.165) is 34.6 Å². The van der Waals surface area contributed by atoms with Crippen molar-refractivity contribution in [1.82, 2.24) is 0 Å². The molecule has 1 atom stereocenters. The molecular weight excluding hydrogens is 304 g/mol. The van der Waals surface area contributed by atoms with Crippen LogP contribution in [0.25, 0.3) is 0 Å². The van der Waals surface area contributed by atoms with Crippen molar-refractivity contribution in [2.24, 2.45) is 0 Å². The third-order valence-corrected chi connectivity index (χ3v) is 3.96. The highest BCUT2D eigenvalue weighted by Gasteiger charge is 2.21. The van der Waals surface area contributed by atoms with Crippen LogP contribution in [0.3, 0.4) is 0 Å². The summed E-state index contributed by atoms with van der Waals surface area (Å²) in [5.41, 5.74) is 2.72. The lowest BCUT2D eigenvalue weighted by molar-refractivity contribution is -0.138. The molecule has 2 rings (SSSR count). The van der Waals surface area contributed by atoms with Gasteiger partial charge < -0.3 is 14.6 Å². The van der Waals surface area contributed by atoms with Crippen molar-refractivity contribution in [1.29, 1.82) is 0 Å². The lowest BCUT2D eigenvalue weighted by Crippen LogP contribution is -2.15. The third kappa shape index (κ3) is 4.51. The Bertz CT molecular complexity index is 677. The van der Waals surface area contributed by atoms with Crippen LogP contribution in [0.15, 0.2) is 42.5 Å². The summed E-state index contributed by atoms with van der Waals surface area (Å²) in [6, 6.07) is 13.1. The Morgan fingerprint density at radius 2 is 1.88 bits per heavy atom. The van der Waals surface area contributed by atoms with E-state index in [0.29, 0.717) is 13.0 Å². The van der Waals surface area contributed by atoms with Crippen LogP contribution in [0.4, 0.5) is 0 Å². The van der Waals surface area contributed by atoms with E-state index in [1.54, 1.807) is 7.11 Å². The van der Waals surface area contributed by atoms with Gasteiger partial charge in [0.1, 0.15) is 11.5 Å². The Hall–Kier alpha value is -2.49. The molecule has 2 aromatic carbocycles. The summed E-state index contributed by atoms with van der Waals surface area (Å²) in [6.45, 7) is 4.66. The van der Waals surface area contributed by atoms with E-state index in [1.807, 2.05) is 49.4 Å².